The third kappa shape index (κ3) is 60.1. The number of unbranched alkanes of at least 4 members (excludes halogenated alkanes) is 7. The van der Waals surface area contributed by atoms with Crippen molar-refractivity contribution < 1.29 is 0 Å². The smallest absolute Gasteiger partial charge is 0.0127 e. The standard InChI is InChI=1S/C24H51N.C20H43N.C13H29N.C11H25N.C9H21N/c1-7-13-16-22(10-4)19-25(20-23(11-5)17-14-8-2)21-24(12-6)18-15-9-3;1-7-13-14-20(12-6)17-21(15-18(8-2)9-3)16-19(10-4)11-5;1-7-9-10-12(8-2)11-14(6)13(3,4)5;1-6-7-8-9-10(2)12-11(3,4)5;1-7-9(5,6)10-8(2,3)4/h22-24H,7-21H2,1-6H3;18-20H,7-17H2,1-6H3;12H,7-11H2,1-6H3;10,12H,6-9H2,1-5H3;10H,7H2,1-6H3. The monoisotopic (exact) mass is 1160 g/mol. The van der Waals surface area contributed by atoms with E-state index in [0.717, 1.165) is 41.4 Å². The molecule has 0 spiro atoms. The van der Waals surface area contributed by atoms with E-state index >= 15 is 0 Å². The van der Waals surface area contributed by atoms with E-state index in [1.165, 1.54) is 232 Å². The summed E-state index contributed by atoms with van der Waals surface area (Å²) in [6, 6.07) is 0.663. The molecule has 0 aliphatic carbocycles. The summed E-state index contributed by atoms with van der Waals surface area (Å²) in [5, 5.41) is 7.12. The highest BCUT2D eigenvalue weighted by Crippen LogP contribution is 2.24. The molecule has 0 aromatic rings. The second-order valence-electron chi connectivity index (χ2n) is 30.3. The van der Waals surface area contributed by atoms with Gasteiger partial charge in [-0.25, -0.2) is 0 Å². The minimum absolute atomic E-state index is 0.236. The third-order valence-corrected chi connectivity index (χ3v) is 18.3. The van der Waals surface area contributed by atoms with Gasteiger partial charge in [-0.1, -0.05) is 252 Å². The summed E-state index contributed by atoms with van der Waals surface area (Å²) < 4.78 is 0. The van der Waals surface area contributed by atoms with Gasteiger partial charge in [0.1, 0.15) is 0 Å². The van der Waals surface area contributed by atoms with Crippen LogP contribution in [0.3, 0.4) is 0 Å². The van der Waals surface area contributed by atoms with E-state index in [4.69, 9.17) is 0 Å². The molecule has 0 aliphatic heterocycles. The molecule has 0 aromatic heterocycles. The van der Waals surface area contributed by atoms with E-state index in [9.17, 15) is 0 Å². The fourth-order valence-corrected chi connectivity index (χ4v) is 11.6. The minimum Gasteiger partial charge on any atom is -0.310 e. The Hall–Kier alpha value is -0.200. The van der Waals surface area contributed by atoms with Crippen molar-refractivity contribution in [2.24, 2.45) is 41.4 Å². The lowest BCUT2D eigenvalue weighted by Gasteiger charge is -2.34. The lowest BCUT2D eigenvalue weighted by atomic mass is 9.93. The Morgan fingerprint density at radius 1 is 0.305 bits per heavy atom. The van der Waals surface area contributed by atoms with Gasteiger partial charge in [-0.15, -0.1) is 0 Å². The average molecular weight is 1170 g/mol. The van der Waals surface area contributed by atoms with Crippen LogP contribution >= 0.6 is 0 Å². The van der Waals surface area contributed by atoms with Crippen LogP contribution in [0.5, 0.6) is 0 Å². The molecule has 0 aliphatic rings. The largest absolute Gasteiger partial charge is 0.310 e. The molecule has 6 unspecified atom stereocenters. The second-order valence-corrected chi connectivity index (χ2v) is 30.3. The van der Waals surface area contributed by atoms with Crippen molar-refractivity contribution >= 4 is 0 Å². The van der Waals surface area contributed by atoms with Gasteiger partial charge in [0, 0.05) is 74.0 Å². The molecular formula is C77H169N5. The Labute approximate surface area is 525 Å². The molecule has 0 amide bonds. The van der Waals surface area contributed by atoms with Crippen LogP contribution in [0.2, 0.25) is 0 Å². The van der Waals surface area contributed by atoms with E-state index in [1.54, 1.807) is 0 Å². The molecule has 0 bridgehead atoms. The van der Waals surface area contributed by atoms with Gasteiger partial charge in [-0.2, -0.15) is 0 Å². The van der Waals surface area contributed by atoms with Crippen molar-refractivity contribution in [2.45, 2.75) is 408 Å². The van der Waals surface area contributed by atoms with Gasteiger partial charge in [-0.05, 0) is 177 Å². The number of nitrogens with zero attached hydrogens (tertiary/aromatic N) is 3. The molecule has 5 heteroatoms. The quantitative estimate of drug-likeness (QED) is 0.0594. The van der Waals surface area contributed by atoms with E-state index in [1.807, 2.05) is 0 Å². The summed E-state index contributed by atoms with van der Waals surface area (Å²) in [7, 11) is 2.24. The van der Waals surface area contributed by atoms with Gasteiger partial charge in [-0.3, -0.25) is 0 Å². The lowest BCUT2D eigenvalue weighted by Crippen LogP contribution is -2.49. The van der Waals surface area contributed by atoms with E-state index < -0.39 is 0 Å². The maximum absolute atomic E-state index is 3.58. The van der Waals surface area contributed by atoms with E-state index in [-0.39, 0.29) is 16.6 Å². The molecule has 5 nitrogen and oxygen atoms in total. The predicted octanol–water partition coefficient (Wildman–Crippen LogP) is 24.2. The fourth-order valence-electron chi connectivity index (χ4n) is 11.6. The van der Waals surface area contributed by atoms with Crippen molar-refractivity contribution in [2.75, 3.05) is 52.9 Å². The molecule has 0 rings (SSSR count). The lowest BCUT2D eigenvalue weighted by molar-refractivity contribution is 0.143. The number of hydrogen-bond donors (Lipinski definition) is 2. The van der Waals surface area contributed by atoms with Crippen LogP contribution in [0.15, 0.2) is 0 Å². The molecule has 2 N–H and O–H groups in total. The summed E-state index contributed by atoms with van der Waals surface area (Å²) in [4.78, 5) is 8.19. The van der Waals surface area contributed by atoms with Crippen molar-refractivity contribution in [1.82, 2.24) is 25.3 Å². The first kappa shape index (κ1) is 90.5. The van der Waals surface area contributed by atoms with Crippen LogP contribution < -0.4 is 10.6 Å². The Kier molecular flexibility index (Phi) is 63.2. The predicted molar refractivity (Wildman–Crippen MR) is 384 cm³/mol. The van der Waals surface area contributed by atoms with Gasteiger partial charge in [0.05, 0.1) is 0 Å². The Morgan fingerprint density at radius 3 is 0.756 bits per heavy atom. The molecule has 0 saturated heterocycles. The summed E-state index contributed by atoms with van der Waals surface area (Å²) >= 11 is 0. The van der Waals surface area contributed by atoms with Crippen LogP contribution in [0, 0.1) is 41.4 Å². The molecule has 0 aromatic carbocycles. The first-order valence-electron chi connectivity index (χ1n) is 37.1. The van der Waals surface area contributed by atoms with Gasteiger partial charge < -0.3 is 25.3 Å². The fraction of sp³-hybridized carbons (Fsp3) is 1.00. The van der Waals surface area contributed by atoms with Crippen LogP contribution in [0.25, 0.3) is 0 Å². The molecule has 0 saturated carbocycles. The van der Waals surface area contributed by atoms with E-state index in [0.29, 0.717) is 11.6 Å². The third-order valence-electron chi connectivity index (χ3n) is 18.3. The van der Waals surface area contributed by atoms with Crippen molar-refractivity contribution in [1.29, 1.82) is 0 Å². The topological polar surface area (TPSA) is 33.8 Å². The van der Waals surface area contributed by atoms with Crippen LogP contribution in [-0.2, 0) is 0 Å². The van der Waals surface area contributed by atoms with Crippen LogP contribution in [0.4, 0.5) is 0 Å². The molecule has 0 heterocycles. The maximum atomic E-state index is 3.58. The van der Waals surface area contributed by atoms with Crippen molar-refractivity contribution in [3.05, 3.63) is 0 Å². The summed E-state index contributed by atoms with van der Waals surface area (Å²) in [5.74, 6) is 6.31. The molecule has 82 heavy (non-hydrogen) atoms. The van der Waals surface area contributed by atoms with Gasteiger partial charge in [0.25, 0.3) is 0 Å². The number of nitrogens with one attached hydrogen (secondary N) is 2. The average Bonchev–Trinajstić information content (AvgIpc) is 3.41. The molecule has 502 valence electrons. The van der Waals surface area contributed by atoms with Crippen molar-refractivity contribution in [3.63, 3.8) is 0 Å². The summed E-state index contributed by atoms with van der Waals surface area (Å²) in [6.07, 6.45) is 39.5. The Balaban J connectivity index is -0.000000314. The van der Waals surface area contributed by atoms with Gasteiger partial charge in [0.2, 0.25) is 0 Å². The highest BCUT2D eigenvalue weighted by atomic mass is 15.2. The van der Waals surface area contributed by atoms with Crippen LogP contribution in [0.1, 0.15) is 380 Å². The Bertz CT molecular complexity index is 1180. The highest BCUT2D eigenvalue weighted by Gasteiger charge is 2.24. The normalized spacial score (nSPS) is 14.6. The number of hydrogen-bond acceptors (Lipinski definition) is 5. The van der Waals surface area contributed by atoms with Gasteiger partial charge in [0.15, 0.2) is 0 Å². The summed E-state index contributed by atoms with van der Waals surface area (Å²) in [6.45, 7) is 73.6. The first-order chi connectivity index (χ1) is 38.4. The second kappa shape index (κ2) is 57.3. The van der Waals surface area contributed by atoms with Gasteiger partial charge >= 0.3 is 0 Å². The molecular weight excluding hydrogens is 995 g/mol. The zero-order valence-corrected chi connectivity index (χ0v) is 63.4. The molecule has 6 atom stereocenters. The van der Waals surface area contributed by atoms with Crippen LogP contribution in [-0.4, -0.2) is 95.8 Å². The molecule has 0 fully saturated rings. The zero-order chi connectivity index (χ0) is 64.2. The van der Waals surface area contributed by atoms with Crippen molar-refractivity contribution in [3.8, 4) is 0 Å². The SMILES string of the molecule is CCC(C)(C)NC(C)(C)C.CCCCC(CC)CN(C)C(C)(C)C.CCCCC(CC)CN(CC(CC)CC)CC(CC)CC.CCCCC(CC)CN(CC(CC)CCCC)CC(CC)CCCC.CCCCCC(C)NC(C)(C)C. The summed E-state index contributed by atoms with van der Waals surface area (Å²) in [5.41, 5.74) is 1.10. The maximum Gasteiger partial charge on any atom is 0.0127 e. The Morgan fingerprint density at radius 2 is 0.561 bits per heavy atom. The zero-order valence-electron chi connectivity index (χ0n) is 63.4. The van der Waals surface area contributed by atoms with E-state index in [2.05, 4.69) is 226 Å². The first-order valence-corrected chi connectivity index (χ1v) is 37.1. The number of rotatable bonds is 45. The highest BCUT2D eigenvalue weighted by molar-refractivity contribution is 4.84. The molecule has 0 radical (unpaired) electrons. The minimum atomic E-state index is 0.236.